The van der Waals surface area contributed by atoms with Crippen molar-refractivity contribution in [3.63, 3.8) is 0 Å². The van der Waals surface area contributed by atoms with E-state index in [1.54, 1.807) is 6.08 Å². The Bertz CT molecular complexity index is 492. The van der Waals surface area contributed by atoms with Crippen LogP contribution in [0.3, 0.4) is 0 Å². The first-order valence-corrected chi connectivity index (χ1v) is 6.05. The van der Waals surface area contributed by atoms with Gasteiger partial charge in [-0.1, -0.05) is 24.8 Å². The lowest BCUT2D eigenvalue weighted by atomic mass is 9.96. The molecule has 0 radical (unpaired) electrons. The summed E-state index contributed by atoms with van der Waals surface area (Å²) in [6.45, 7) is 7.85. The summed E-state index contributed by atoms with van der Waals surface area (Å²) in [7, 11) is 0. The van der Waals surface area contributed by atoms with Gasteiger partial charge in [0.15, 0.2) is 0 Å². The van der Waals surface area contributed by atoms with Crippen LogP contribution in [-0.4, -0.2) is 12.5 Å². The molecule has 3 heteroatoms. The maximum absolute atomic E-state index is 11.5. The molecule has 0 unspecified atom stereocenters. The lowest BCUT2D eigenvalue weighted by Crippen LogP contribution is -2.20. The fourth-order valence-electron chi connectivity index (χ4n) is 2.12. The third kappa shape index (κ3) is 2.45. The number of rotatable bonds is 5. The third-order valence-corrected chi connectivity index (χ3v) is 2.95. The van der Waals surface area contributed by atoms with Crippen LogP contribution in [-0.2, 0) is 17.6 Å². The van der Waals surface area contributed by atoms with Crippen molar-refractivity contribution in [1.82, 2.24) is 0 Å². The number of carbonyl (C=O) groups excluding carboxylic acids is 1. The molecular formula is C15H17NO2. The second-order valence-corrected chi connectivity index (χ2v) is 4.22. The Morgan fingerprint density at radius 3 is 2.83 bits per heavy atom. The number of hydrogen-bond acceptors (Lipinski definition) is 2. The van der Waals surface area contributed by atoms with Gasteiger partial charge < -0.3 is 10.1 Å². The quantitative estimate of drug-likeness (QED) is 0.807. The number of ether oxygens (including phenoxy) is 1. The van der Waals surface area contributed by atoms with Gasteiger partial charge in [-0.3, -0.25) is 4.79 Å². The largest absolute Gasteiger partial charge is 0.489 e. The van der Waals surface area contributed by atoms with Crippen molar-refractivity contribution in [1.29, 1.82) is 0 Å². The van der Waals surface area contributed by atoms with Crippen molar-refractivity contribution < 1.29 is 9.53 Å². The molecule has 0 aromatic heterocycles. The molecule has 1 aromatic rings. The smallest absolute Gasteiger partial charge is 0.224 e. The van der Waals surface area contributed by atoms with Crippen LogP contribution in [0.4, 0.5) is 5.69 Å². The molecule has 1 N–H and O–H groups in total. The van der Waals surface area contributed by atoms with Crippen LogP contribution in [0.5, 0.6) is 5.75 Å². The number of benzene rings is 1. The van der Waals surface area contributed by atoms with E-state index in [-0.39, 0.29) is 5.91 Å². The van der Waals surface area contributed by atoms with Crippen LogP contribution in [0.15, 0.2) is 37.4 Å². The van der Waals surface area contributed by atoms with E-state index in [2.05, 4.69) is 18.5 Å². The molecule has 94 valence electrons. The summed E-state index contributed by atoms with van der Waals surface area (Å²) in [4.78, 5) is 11.5. The fraction of sp³-hybridized carbons (Fsp3) is 0.267. The van der Waals surface area contributed by atoms with Gasteiger partial charge in [0.1, 0.15) is 12.4 Å². The molecular weight excluding hydrogens is 226 g/mol. The summed E-state index contributed by atoms with van der Waals surface area (Å²) in [5.74, 6) is 0.851. The zero-order valence-corrected chi connectivity index (χ0v) is 10.4. The molecule has 0 saturated carbocycles. The van der Waals surface area contributed by atoms with E-state index in [9.17, 15) is 4.79 Å². The van der Waals surface area contributed by atoms with Crippen LogP contribution < -0.4 is 10.1 Å². The number of amides is 1. The molecule has 0 saturated heterocycles. The summed E-state index contributed by atoms with van der Waals surface area (Å²) in [5, 5.41) is 2.94. The Balaban J connectivity index is 2.42. The molecule has 0 bridgehead atoms. The maximum atomic E-state index is 11.5. The Labute approximate surface area is 107 Å². The van der Waals surface area contributed by atoms with E-state index in [1.165, 1.54) is 0 Å². The second-order valence-electron chi connectivity index (χ2n) is 4.22. The van der Waals surface area contributed by atoms with Gasteiger partial charge >= 0.3 is 0 Å². The SMILES string of the molecule is C=CCOc1ccc2c(c1CC=C)NC(=O)CC2. The highest BCUT2D eigenvalue weighted by molar-refractivity contribution is 5.95. The first-order valence-electron chi connectivity index (χ1n) is 6.05. The Hall–Kier alpha value is -2.03. The van der Waals surface area contributed by atoms with Crippen LogP contribution in [0, 0.1) is 0 Å². The first-order chi connectivity index (χ1) is 8.76. The summed E-state index contributed by atoms with van der Waals surface area (Å²) in [5.41, 5.74) is 3.06. The van der Waals surface area contributed by atoms with Gasteiger partial charge in [0.05, 0.1) is 5.69 Å². The molecule has 18 heavy (non-hydrogen) atoms. The minimum atomic E-state index is 0.0636. The van der Waals surface area contributed by atoms with Crippen molar-refractivity contribution >= 4 is 11.6 Å². The average molecular weight is 243 g/mol. The number of carbonyl (C=O) groups is 1. The second kappa shape index (κ2) is 5.54. The number of nitrogens with one attached hydrogen (secondary N) is 1. The molecule has 1 aromatic carbocycles. The van der Waals surface area contributed by atoms with Gasteiger partial charge in [0.25, 0.3) is 0 Å². The van der Waals surface area contributed by atoms with Gasteiger partial charge in [-0.2, -0.15) is 0 Å². The van der Waals surface area contributed by atoms with Crippen molar-refractivity contribution in [2.45, 2.75) is 19.3 Å². The van der Waals surface area contributed by atoms with E-state index in [0.717, 1.165) is 29.0 Å². The fourth-order valence-corrected chi connectivity index (χ4v) is 2.12. The number of hydrogen-bond donors (Lipinski definition) is 1. The minimum Gasteiger partial charge on any atom is -0.489 e. The van der Waals surface area contributed by atoms with E-state index in [4.69, 9.17) is 4.74 Å². The average Bonchev–Trinajstić information content (AvgIpc) is 2.38. The third-order valence-electron chi connectivity index (χ3n) is 2.95. The van der Waals surface area contributed by atoms with Gasteiger partial charge in [-0.05, 0) is 24.5 Å². The van der Waals surface area contributed by atoms with E-state index in [1.807, 2.05) is 18.2 Å². The maximum Gasteiger partial charge on any atom is 0.224 e. The molecule has 0 spiro atoms. The highest BCUT2D eigenvalue weighted by atomic mass is 16.5. The van der Waals surface area contributed by atoms with Gasteiger partial charge in [0.2, 0.25) is 5.91 Å². The lowest BCUT2D eigenvalue weighted by molar-refractivity contribution is -0.116. The monoisotopic (exact) mass is 243 g/mol. The van der Waals surface area contributed by atoms with Crippen LogP contribution in [0.2, 0.25) is 0 Å². The number of allylic oxidation sites excluding steroid dienone is 1. The highest BCUT2D eigenvalue weighted by Crippen LogP contribution is 2.34. The predicted octanol–water partition coefficient (Wildman–Crippen LogP) is 2.86. The molecule has 0 aliphatic carbocycles. The van der Waals surface area contributed by atoms with Crippen LogP contribution >= 0.6 is 0 Å². The Kier molecular flexibility index (Phi) is 3.82. The molecule has 1 aliphatic heterocycles. The van der Waals surface area contributed by atoms with Crippen molar-refractivity contribution in [2.75, 3.05) is 11.9 Å². The van der Waals surface area contributed by atoms with Gasteiger partial charge in [-0.25, -0.2) is 0 Å². The molecule has 0 fully saturated rings. The molecule has 1 aliphatic rings. The first kappa shape index (κ1) is 12.4. The van der Waals surface area contributed by atoms with E-state index in [0.29, 0.717) is 19.4 Å². The molecule has 3 nitrogen and oxygen atoms in total. The zero-order chi connectivity index (χ0) is 13.0. The van der Waals surface area contributed by atoms with Crippen molar-refractivity contribution in [3.05, 3.63) is 48.6 Å². The Morgan fingerprint density at radius 1 is 1.28 bits per heavy atom. The van der Waals surface area contributed by atoms with E-state index < -0.39 is 0 Å². The zero-order valence-electron chi connectivity index (χ0n) is 10.4. The topological polar surface area (TPSA) is 38.3 Å². The highest BCUT2D eigenvalue weighted by Gasteiger charge is 2.20. The van der Waals surface area contributed by atoms with Gasteiger partial charge in [0, 0.05) is 12.0 Å². The summed E-state index contributed by atoms with van der Waals surface area (Å²) < 4.78 is 5.62. The normalized spacial score (nSPS) is 13.4. The Morgan fingerprint density at radius 2 is 2.11 bits per heavy atom. The van der Waals surface area contributed by atoms with Crippen LogP contribution in [0.1, 0.15) is 17.5 Å². The number of fused-ring (bicyclic) bond motifs is 1. The standard InChI is InChI=1S/C15H17NO2/c1-3-5-12-13(18-10-4-2)8-6-11-7-9-14(17)16-15(11)12/h3-4,6,8H,1-2,5,7,9-10H2,(H,16,17). The van der Waals surface area contributed by atoms with E-state index >= 15 is 0 Å². The summed E-state index contributed by atoms with van der Waals surface area (Å²) in [6, 6.07) is 3.97. The molecule has 1 heterocycles. The predicted molar refractivity (Wildman–Crippen MR) is 73.0 cm³/mol. The van der Waals surface area contributed by atoms with Crippen molar-refractivity contribution in [2.24, 2.45) is 0 Å². The number of anilines is 1. The lowest BCUT2D eigenvalue weighted by Gasteiger charge is -2.22. The minimum absolute atomic E-state index is 0.0636. The molecule has 2 rings (SSSR count). The molecule has 0 atom stereocenters. The van der Waals surface area contributed by atoms with Crippen LogP contribution in [0.25, 0.3) is 0 Å². The van der Waals surface area contributed by atoms with Crippen molar-refractivity contribution in [3.8, 4) is 5.75 Å². The summed E-state index contributed by atoms with van der Waals surface area (Å²) in [6.07, 6.45) is 5.53. The summed E-state index contributed by atoms with van der Waals surface area (Å²) >= 11 is 0. The molecule has 1 amide bonds. The number of aryl methyl sites for hydroxylation is 1. The van der Waals surface area contributed by atoms with Gasteiger partial charge in [-0.15, -0.1) is 6.58 Å².